The zero-order chi connectivity index (χ0) is 25.4. The summed E-state index contributed by atoms with van der Waals surface area (Å²) in [5.74, 6) is 0.187. The third-order valence-electron chi connectivity index (χ3n) is 5.20. The zero-order valence-corrected chi connectivity index (χ0v) is 21.2. The van der Waals surface area contributed by atoms with E-state index in [0.717, 1.165) is 28.0 Å². The second-order valence-corrected chi connectivity index (χ2v) is 11.2. The molecule has 2 aromatic rings. The van der Waals surface area contributed by atoms with Crippen molar-refractivity contribution in [1.29, 1.82) is 0 Å². The highest BCUT2D eigenvalue weighted by atomic mass is 32.2. The first kappa shape index (κ1) is 26.4. The van der Waals surface area contributed by atoms with Crippen molar-refractivity contribution in [2.75, 3.05) is 37.0 Å². The van der Waals surface area contributed by atoms with Crippen LogP contribution in [0.4, 0.5) is 17.1 Å². The lowest BCUT2D eigenvalue weighted by molar-refractivity contribution is -0.403. The molecule has 35 heavy (non-hydrogen) atoms. The maximum absolute atomic E-state index is 12.7. The fraction of sp³-hybridized carbons (Fsp3) is 0.348. The molecule has 0 unspecified atom stereocenters. The second-order valence-electron chi connectivity index (χ2n) is 8.03. The van der Waals surface area contributed by atoms with Crippen molar-refractivity contribution < 1.29 is 18.1 Å². The Bertz CT molecular complexity index is 1210. The minimum Gasteiger partial charge on any atom is -0.378 e. The molecule has 0 aliphatic carbocycles. The minimum atomic E-state index is -3.75. The van der Waals surface area contributed by atoms with Gasteiger partial charge in [-0.2, -0.15) is 10.2 Å². The fourth-order valence-electron chi connectivity index (χ4n) is 3.35. The molecule has 0 atom stereocenters. The van der Waals surface area contributed by atoms with Crippen LogP contribution in [0.15, 0.2) is 70.0 Å². The third kappa shape index (κ3) is 7.62. The number of azo groups is 1. The molecule has 10 nitrogen and oxygen atoms in total. The normalized spacial score (nSPS) is 15.5. The lowest BCUT2D eigenvalue weighted by Crippen LogP contribution is -2.35. The first-order valence-electron chi connectivity index (χ1n) is 11.0. The number of carbonyl (C=O) groups excluding carboxylic acids is 1. The number of sulfonamides is 1. The number of nitro groups is 1. The van der Waals surface area contributed by atoms with Gasteiger partial charge in [0.1, 0.15) is 0 Å². The van der Waals surface area contributed by atoms with Crippen molar-refractivity contribution >= 4 is 44.6 Å². The summed E-state index contributed by atoms with van der Waals surface area (Å²) in [5, 5.41) is 19.3. The van der Waals surface area contributed by atoms with Crippen molar-refractivity contribution in [3.63, 3.8) is 0 Å². The molecule has 0 bridgehead atoms. The van der Waals surface area contributed by atoms with Crippen molar-refractivity contribution in [3.8, 4) is 0 Å². The molecule has 0 aromatic heterocycles. The van der Waals surface area contributed by atoms with Gasteiger partial charge in [0.25, 0.3) is 6.20 Å². The lowest BCUT2D eigenvalue weighted by atomic mass is 10.1. The van der Waals surface area contributed by atoms with E-state index < -0.39 is 14.9 Å². The maximum atomic E-state index is 12.7. The van der Waals surface area contributed by atoms with Crippen LogP contribution in [0.5, 0.6) is 0 Å². The largest absolute Gasteiger partial charge is 0.378 e. The van der Waals surface area contributed by atoms with Gasteiger partial charge in [0, 0.05) is 44.1 Å². The molecule has 0 spiro atoms. The summed E-state index contributed by atoms with van der Waals surface area (Å²) in [4.78, 5) is 24.7. The van der Waals surface area contributed by atoms with Gasteiger partial charge >= 0.3 is 0 Å². The smallest absolute Gasteiger partial charge is 0.265 e. The predicted octanol–water partition coefficient (Wildman–Crippen LogP) is 4.98. The molecular weight excluding hydrogens is 490 g/mol. The number of benzene rings is 2. The molecular formula is C23H27N5O5S2. The SMILES string of the molecule is CN(C)c1ccc(/N=N/c2ccc(C(=O)CCCS(=O)(=O)N3CCCS/C3=C\[N+](=O)[O-])cc2)cc1. The molecule has 1 saturated heterocycles. The number of hydrogen-bond donors (Lipinski definition) is 0. The number of rotatable bonds is 10. The van der Waals surface area contributed by atoms with Crippen LogP contribution in [0.2, 0.25) is 0 Å². The number of nitrogens with zero attached hydrogens (tertiary/aromatic N) is 5. The number of carbonyl (C=O) groups is 1. The Morgan fingerprint density at radius 3 is 2.29 bits per heavy atom. The number of ketones is 1. The van der Waals surface area contributed by atoms with Gasteiger partial charge in [0.05, 0.1) is 22.1 Å². The van der Waals surface area contributed by atoms with E-state index in [1.807, 2.05) is 43.3 Å². The molecule has 0 radical (unpaired) electrons. The standard InChI is InChI=1S/C23H27N5O5S2/c1-26(2)21-12-10-20(11-13-21)25-24-19-8-6-18(7-9-19)22(29)5-3-16-35(32,33)27-14-4-15-34-23(27)17-28(30)31/h6-13,17H,3-5,14-16H2,1-2H3/b23-17-,25-24+. The van der Waals surface area contributed by atoms with E-state index in [9.17, 15) is 23.3 Å². The number of anilines is 1. The van der Waals surface area contributed by atoms with Crippen molar-refractivity contribution in [3.05, 3.63) is 75.4 Å². The van der Waals surface area contributed by atoms with E-state index in [2.05, 4.69) is 10.2 Å². The Morgan fingerprint density at radius 1 is 1.11 bits per heavy atom. The van der Waals surface area contributed by atoms with Crippen molar-refractivity contribution in [1.82, 2.24) is 4.31 Å². The van der Waals surface area contributed by atoms with Crippen LogP contribution in [0.1, 0.15) is 29.6 Å². The van der Waals surface area contributed by atoms with E-state index in [-0.39, 0.29) is 36.0 Å². The Balaban J connectivity index is 1.54. The highest BCUT2D eigenvalue weighted by Gasteiger charge is 2.29. The molecule has 1 aliphatic rings. The second kappa shape index (κ2) is 11.9. The quantitative estimate of drug-likeness (QED) is 0.188. The summed E-state index contributed by atoms with van der Waals surface area (Å²) in [5.41, 5.74) is 2.82. The predicted molar refractivity (Wildman–Crippen MR) is 138 cm³/mol. The Hall–Kier alpha value is -3.25. The first-order valence-corrected chi connectivity index (χ1v) is 13.6. The first-order chi connectivity index (χ1) is 16.7. The maximum Gasteiger partial charge on any atom is 0.265 e. The van der Waals surface area contributed by atoms with Gasteiger partial charge in [0.2, 0.25) is 10.0 Å². The van der Waals surface area contributed by atoms with Gasteiger partial charge in [-0.3, -0.25) is 19.2 Å². The van der Waals surface area contributed by atoms with E-state index in [4.69, 9.17) is 0 Å². The Kier molecular flexibility index (Phi) is 8.99. The molecule has 0 amide bonds. The van der Waals surface area contributed by atoms with Crippen LogP contribution >= 0.6 is 11.8 Å². The number of thioether (sulfide) groups is 1. The number of hydrogen-bond acceptors (Lipinski definition) is 9. The summed E-state index contributed by atoms with van der Waals surface area (Å²) < 4.78 is 26.5. The third-order valence-corrected chi connectivity index (χ3v) is 8.28. The van der Waals surface area contributed by atoms with E-state index >= 15 is 0 Å². The molecule has 0 saturated carbocycles. The highest BCUT2D eigenvalue weighted by Crippen LogP contribution is 2.30. The van der Waals surface area contributed by atoms with Gasteiger partial charge in [-0.05, 0) is 61.4 Å². The summed E-state index contributed by atoms with van der Waals surface area (Å²) in [6.07, 6.45) is 1.51. The zero-order valence-electron chi connectivity index (χ0n) is 19.5. The monoisotopic (exact) mass is 517 g/mol. The Labute approximate surface area is 208 Å². The van der Waals surface area contributed by atoms with Gasteiger partial charge in [-0.25, -0.2) is 8.42 Å². The topological polar surface area (TPSA) is 126 Å². The van der Waals surface area contributed by atoms with Crippen LogP contribution in [-0.4, -0.2) is 55.6 Å². The van der Waals surface area contributed by atoms with Crippen LogP contribution in [0, 0.1) is 10.1 Å². The van der Waals surface area contributed by atoms with Gasteiger partial charge in [-0.15, -0.1) is 11.8 Å². The highest BCUT2D eigenvalue weighted by molar-refractivity contribution is 8.04. The van der Waals surface area contributed by atoms with Crippen molar-refractivity contribution in [2.24, 2.45) is 10.2 Å². The van der Waals surface area contributed by atoms with E-state index in [1.165, 1.54) is 0 Å². The molecule has 1 heterocycles. The molecule has 2 aromatic carbocycles. The molecule has 3 rings (SSSR count). The molecule has 12 heteroatoms. The summed E-state index contributed by atoms with van der Waals surface area (Å²) in [7, 11) is 0.168. The lowest BCUT2D eigenvalue weighted by Gasteiger charge is -2.28. The van der Waals surface area contributed by atoms with Gasteiger partial charge in [0.15, 0.2) is 10.8 Å². The Morgan fingerprint density at radius 2 is 1.71 bits per heavy atom. The van der Waals surface area contributed by atoms with E-state index in [1.54, 1.807) is 24.3 Å². The average molecular weight is 518 g/mol. The summed E-state index contributed by atoms with van der Waals surface area (Å²) in [6, 6.07) is 14.3. The molecule has 186 valence electrons. The molecule has 1 fully saturated rings. The van der Waals surface area contributed by atoms with Crippen LogP contribution in [0.25, 0.3) is 0 Å². The fourth-order valence-corrected chi connectivity index (χ4v) is 6.19. The number of Topliss-reactive ketones (excluding diaryl/α,β-unsaturated/α-hetero) is 1. The van der Waals surface area contributed by atoms with Gasteiger partial charge < -0.3 is 4.90 Å². The van der Waals surface area contributed by atoms with Crippen LogP contribution in [0.3, 0.4) is 0 Å². The minimum absolute atomic E-state index is 0.0492. The molecule has 1 aliphatic heterocycles. The summed E-state index contributed by atoms with van der Waals surface area (Å²) in [6.45, 7) is 0.207. The van der Waals surface area contributed by atoms with E-state index in [0.29, 0.717) is 29.1 Å². The molecule has 0 N–H and O–H groups in total. The van der Waals surface area contributed by atoms with Gasteiger partial charge in [-0.1, -0.05) is 0 Å². The average Bonchev–Trinajstić information content (AvgIpc) is 2.83. The van der Waals surface area contributed by atoms with Crippen LogP contribution in [-0.2, 0) is 10.0 Å². The van der Waals surface area contributed by atoms with Crippen molar-refractivity contribution in [2.45, 2.75) is 19.3 Å². The van der Waals surface area contributed by atoms with Crippen LogP contribution < -0.4 is 4.90 Å². The summed E-state index contributed by atoms with van der Waals surface area (Å²) >= 11 is 1.15.